The number of hydrogen-bond acceptors (Lipinski definition) is 2. The molecule has 0 aliphatic heterocycles. The second-order valence-electron chi connectivity index (χ2n) is 3.67. The van der Waals surface area contributed by atoms with E-state index in [9.17, 15) is 4.79 Å². The highest BCUT2D eigenvalue weighted by atomic mass is 16.1. The Bertz CT molecular complexity index is 555. The minimum atomic E-state index is -0.0888. The molecule has 3 nitrogen and oxygen atoms in total. The molecule has 0 saturated carbocycles. The number of carbonyl (C=O) groups excluding carboxylic acids is 1. The molecule has 2 aromatic rings. The van der Waals surface area contributed by atoms with Crippen LogP contribution in [0.15, 0.2) is 48.6 Å². The fourth-order valence-electron chi connectivity index (χ4n) is 1.52. The van der Waals surface area contributed by atoms with Gasteiger partial charge in [-0.1, -0.05) is 30.3 Å². The van der Waals surface area contributed by atoms with Crippen molar-refractivity contribution in [2.75, 3.05) is 7.05 Å². The molecule has 0 atom stereocenters. The number of amides is 1. The number of hydrogen-bond donors (Lipinski definition) is 1. The number of nitrogens with zero attached hydrogens (tertiary/aromatic N) is 1. The second-order valence-corrected chi connectivity index (χ2v) is 3.67. The van der Waals surface area contributed by atoms with E-state index in [1.165, 1.54) is 0 Å². The maximum absolute atomic E-state index is 11.3. The van der Waals surface area contributed by atoms with E-state index < -0.39 is 0 Å². The van der Waals surface area contributed by atoms with Crippen molar-refractivity contribution in [2.24, 2.45) is 0 Å². The van der Waals surface area contributed by atoms with Gasteiger partial charge < -0.3 is 5.32 Å². The van der Waals surface area contributed by atoms with Crippen LogP contribution in [-0.4, -0.2) is 17.9 Å². The summed E-state index contributed by atoms with van der Waals surface area (Å²) in [5.74, 6) is -0.0888. The van der Waals surface area contributed by atoms with Crippen LogP contribution in [0.2, 0.25) is 0 Å². The molecule has 0 fully saturated rings. The molecule has 0 aliphatic carbocycles. The van der Waals surface area contributed by atoms with Crippen molar-refractivity contribution in [3.05, 3.63) is 54.2 Å². The molecule has 0 spiro atoms. The van der Waals surface area contributed by atoms with E-state index in [-0.39, 0.29) is 12.3 Å². The van der Waals surface area contributed by atoms with E-state index in [0.29, 0.717) is 11.6 Å². The Labute approximate surface area is 102 Å². The maximum Gasteiger partial charge on any atom is 0.224 e. The zero-order valence-electron chi connectivity index (χ0n) is 10.6. The normalized spacial score (nSPS) is 10.8. The first-order valence-electron chi connectivity index (χ1n) is 5.92. The Hall–Kier alpha value is -2.16. The third kappa shape index (κ3) is 2.91. The van der Waals surface area contributed by atoms with Crippen LogP contribution in [0.5, 0.6) is 0 Å². The van der Waals surface area contributed by atoms with Crippen LogP contribution >= 0.6 is 0 Å². The van der Waals surface area contributed by atoms with Crippen LogP contribution in [0.1, 0.15) is 6.93 Å². The Kier molecular flexibility index (Phi) is 3.10. The molecule has 0 unspecified atom stereocenters. The van der Waals surface area contributed by atoms with Crippen LogP contribution in [0.4, 0.5) is 0 Å². The first kappa shape index (κ1) is 10.0. The molecule has 2 rings (SSSR count). The van der Waals surface area contributed by atoms with Gasteiger partial charge in [0.1, 0.15) is 0 Å². The Morgan fingerprint density at radius 3 is 2.88 bits per heavy atom. The van der Waals surface area contributed by atoms with Crippen molar-refractivity contribution in [2.45, 2.75) is 6.42 Å². The lowest BCUT2D eigenvalue weighted by molar-refractivity contribution is -0.119. The number of likely N-dealkylation sites (N-methyl/N-ethyl adjacent to an activating group) is 1. The van der Waals surface area contributed by atoms with Gasteiger partial charge in [-0.2, -0.15) is 0 Å². The average molecular weight is 227 g/mol. The fourth-order valence-corrected chi connectivity index (χ4v) is 1.52. The molecule has 1 heterocycles. The molecule has 1 aromatic carbocycles. The highest BCUT2D eigenvalue weighted by Gasteiger charge is 2.02. The van der Waals surface area contributed by atoms with Crippen LogP contribution < -0.4 is 5.32 Å². The minimum Gasteiger partial charge on any atom is -0.359 e. The summed E-state index contributed by atoms with van der Waals surface area (Å²) in [6.07, 6.45) is 1.95. The molecule has 0 radical (unpaired) electrons. The van der Waals surface area contributed by atoms with Crippen molar-refractivity contribution in [3.63, 3.8) is 0 Å². The lowest BCUT2D eigenvalue weighted by Gasteiger charge is -2.03. The summed E-state index contributed by atoms with van der Waals surface area (Å²) in [4.78, 5) is 15.5. The minimum absolute atomic E-state index is 0.0888. The zero-order valence-corrected chi connectivity index (χ0v) is 9.60. The van der Waals surface area contributed by atoms with Crippen LogP contribution in [0.25, 0.3) is 11.3 Å². The summed E-state index contributed by atoms with van der Waals surface area (Å²) in [6.45, 7) is 0. The topological polar surface area (TPSA) is 42.0 Å². The third-order valence-electron chi connectivity index (χ3n) is 2.47. The highest BCUT2D eigenvalue weighted by Crippen LogP contribution is 2.16. The molecule has 17 heavy (non-hydrogen) atoms. The van der Waals surface area contributed by atoms with Gasteiger partial charge in [-0.3, -0.25) is 9.78 Å². The second kappa shape index (κ2) is 5.25. The molecule has 0 bridgehead atoms. The molecule has 1 N–H and O–H groups in total. The van der Waals surface area contributed by atoms with E-state index in [1.807, 2.05) is 30.3 Å². The van der Waals surface area contributed by atoms with E-state index in [1.54, 1.807) is 19.3 Å². The summed E-state index contributed by atoms with van der Waals surface area (Å²) >= 11 is 0. The number of benzene rings is 1. The Balaban J connectivity index is 2.28. The number of carbonyl (C=O) groups is 1. The fraction of sp³-hybridized carbons (Fsp3) is 0.143. The molecule has 1 amide bonds. The first-order valence-corrected chi connectivity index (χ1v) is 5.42. The summed E-state index contributed by atoms with van der Waals surface area (Å²) < 4.78 is 7.92. The Morgan fingerprint density at radius 2 is 2.24 bits per heavy atom. The number of pyridine rings is 1. The van der Waals surface area contributed by atoms with E-state index in [4.69, 9.17) is 1.37 Å². The van der Waals surface area contributed by atoms with Gasteiger partial charge in [-0.25, -0.2) is 0 Å². The van der Waals surface area contributed by atoms with Crippen LogP contribution in [-0.2, 0) is 11.2 Å². The number of nitrogens with one attached hydrogen (secondary N) is 1. The van der Waals surface area contributed by atoms with Crippen LogP contribution in [0.3, 0.4) is 0 Å². The predicted molar refractivity (Wildman–Crippen MR) is 67.4 cm³/mol. The molecule has 0 saturated heterocycles. The van der Waals surface area contributed by atoms with Gasteiger partial charge in [-0.05, 0) is 17.7 Å². The van der Waals surface area contributed by atoms with Crippen molar-refractivity contribution in [1.82, 2.24) is 10.3 Å². The van der Waals surface area contributed by atoms with E-state index in [0.717, 1.165) is 11.3 Å². The van der Waals surface area contributed by atoms with E-state index in [2.05, 4.69) is 10.3 Å². The molecule has 86 valence electrons. The van der Waals surface area contributed by atoms with Crippen LogP contribution in [0, 0.1) is 0 Å². The maximum atomic E-state index is 11.3. The van der Waals surface area contributed by atoms with Gasteiger partial charge in [0.05, 0.1) is 13.5 Å². The zero-order chi connectivity index (χ0) is 13.0. The lowest BCUT2D eigenvalue weighted by Crippen LogP contribution is -2.19. The third-order valence-corrected chi connectivity index (χ3v) is 2.47. The van der Waals surface area contributed by atoms with Crippen molar-refractivity contribution in [1.29, 1.82) is 0 Å². The van der Waals surface area contributed by atoms with Gasteiger partial charge in [0.25, 0.3) is 0 Å². The molecule has 3 heteroatoms. The lowest BCUT2D eigenvalue weighted by atomic mass is 10.1. The summed E-state index contributed by atoms with van der Waals surface area (Å²) in [6, 6.07) is 11.4. The van der Waals surface area contributed by atoms with Gasteiger partial charge in [0.2, 0.25) is 5.91 Å². The molecular formula is C14H14N2O. The van der Waals surface area contributed by atoms with Crippen molar-refractivity contribution < 1.29 is 6.17 Å². The molecular weight excluding hydrogens is 212 g/mol. The number of aromatic nitrogens is 1. The summed E-state index contributed by atoms with van der Waals surface area (Å²) in [5, 5.41) is 2.55. The van der Waals surface area contributed by atoms with Crippen molar-refractivity contribution in [3.8, 4) is 11.3 Å². The Morgan fingerprint density at radius 1 is 1.35 bits per heavy atom. The summed E-state index contributed by atoms with van der Waals surface area (Å²) in [5.41, 5.74) is 2.44. The quantitative estimate of drug-likeness (QED) is 0.871. The molecule has 1 aromatic heterocycles. The highest BCUT2D eigenvalue weighted by molar-refractivity contribution is 5.78. The van der Waals surface area contributed by atoms with Crippen molar-refractivity contribution >= 4 is 5.91 Å². The molecule has 0 aliphatic rings. The smallest absolute Gasteiger partial charge is 0.224 e. The van der Waals surface area contributed by atoms with Gasteiger partial charge in [0, 0.05) is 18.8 Å². The van der Waals surface area contributed by atoms with Gasteiger partial charge in [-0.15, -0.1) is 0 Å². The van der Waals surface area contributed by atoms with Gasteiger partial charge >= 0.3 is 0 Å². The predicted octanol–water partition coefficient (Wildman–Crippen LogP) is 2.04. The largest absolute Gasteiger partial charge is 0.359 e. The number of rotatable bonds is 3. The average Bonchev–Trinajstić information content (AvgIpc) is 2.42. The van der Waals surface area contributed by atoms with E-state index >= 15 is 0 Å². The SMILES string of the molecule is [2H]c1cc(-c2ccccn2)ccc1CC(=O)NC. The first-order chi connectivity index (χ1) is 8.70. The standard InChI is InChI=1S/C14H14N2O/c1-15-14(17)10-11-5-7-12(8-6-11)13-4-2-3-9-16-13/h2-9H,10H2,1H3,(H,15,17)/i5D. The van der Waals surface area contributed by atoms with Gasteiger partial charge in [0.15, 0.2) is 0 Å². The monoisotopic (exact) mass is 227 g/mol. The summed E-state index contributed by atoms with van der Waals surface area (Å²) in [7, 11) is 1.59.